The van der Waals surface area contributed by atoms with E-state index < -0.39 is 17.9 Å². The normalized spacial score (nSPS) is 20.1. The van der Waals surface area contributed by atoms with Gasteiger partial charge in [0.1, 0.15) is 0 Å². The second kappa shape index (κ2) is 17.9. The van der Waals surface area contributed by atoms with Crippen molar-refractivity contribution in [2.24, 2.45) is 4.99 Å². The molecule has 6 heteroatoms. The van der Waals surface area contributed by atoms with E-state index in [2.05, 4.69) is 55.7 Å². The molecule has 0 aliphatic carbocycles. The van der Waals surface area contributed by atoms with Gasteiger partial charge in [-0.1, -0.05) is 44.1 Å². The molecule has 0 bridgehead atoms. The maximum atomic E-state index is 10.2. The highest BCUT2D eigenvalue weighted by molar-refractivity contribution is 6.01. The molecule has 6 nitrogen and oxygen atoms in total. The largest absolute Gasteiger partial charge is 0.479 e. The third kappa shape index (κ3) is 17.6. The lowest BCUT2D eigenvalue weighted by Crippen LogP contribution is -2.20. The lowest BCUT2D eigenvalue weighted by molar-refractivity contribution is -0.155. The fraction of sp³-hybridized carbons (Fsp3) is 0.680. The van der Waals surface area contributed by atoms with E-state index in [9.17, 15) is 4.79 Å². The van der Waals surface area contributed by atoms with Gasteiger partial charge < -0.3 is 19.7 Å². The van der Waals surface area contributed by atoms with Crippen LogP contribution in [0.2, 0.25) is 0 Å². The Morgan fingerprint density at radius 1 is 1.26 bits per heavy atom. The molecular weight excluding hydrogens is 394 g/mol. The molecular formula is C25H45NO5. The highest BCUT2D eigenvalue weighted by atomic mass is 16.6. The number of aliphatic imine (C=N–C) groups is 1. The number of hydrogen-bond donors (Lipinski definition) is 2. The Hall–Kier alpha value is -1.76. The topological polar surface area (TPSA) is 88.4 Å². The summed E-state index contributed by atoms with van der Waals surface area (Å²) >= 11 is 0. The monoisotopic (exact) mass is 439 g/mol. The number of carboxylic acids is 1. The van der Waals surface area contributed by atoms with E-state index in [1.54, 1.807) is 13.8 Å². The molecule has 0 aromatic carbocycles. The van der Waals surface area contributed by atoms with Gasteiger partial charge in [-0.2, -0.15) is 0 Å². The molecule has 0 aromatic heterocycles. The quantitative estimate of drug-likeness (QED) is 0.272. The first kappa shape index (κ1) is 31.4. The Labute approximate surface area is 189 Å². The SMILES string of the molecule is CC1CCC(C(=O)O)O1.COC(C)(C)O.C\C=C/C(C(/C)=N/C=C/CC)=C(/C)CCC. The van der Waals surface area contributed by atoms with Crippen LogP contribution in [0.1, 0.15) is 87.5 Å². The van der Waals surface area contributed by atoms with E-state index in [4.69, 9.17) is 14.9 Å². The highest BCUT2D eigenvalue weighted by Gasteiger charge is 2.27. The number of nitrogens with zero attached hydrogens (tertiary/aromatic N) is 1. The van der Waals surface area contributed by atoms with Gasteiger partial charge in [0, 0.05) is 19.0 Å². The van der Waals surface area contributed by atoms with Gasteiger partial charge in [0.2, 0.25) is 0 Å². The minimum atomic E-state index is -0.958. The molecule has 2 unspecified atom stereocenters. The lowest BCUT2D eigenvalue weighted by Gasteiger charge is -2.12. The Balaban J connectivity index is 0. The van der Waals surface area contributed by atoms with Crippen LogP contribution in [0.3, 0.4) is 0 Å². The van der Waals surface area contributed by atoms with Crippen LogP contribution in [0.5, 0.6) is 0 Å². The first-order valence-electron chi connectivity index (χ1n) is 11.1. The molecule has 1 rings (SSSR count). The van der Waals surface area contributed by atoms with Gasteiger partial charge in [-0.15, -0.1) is 0 Å². The lowest BCUT2D eigenvalue weighted by atomic mass is 10.0. The van der Waals surface area contributed by atoms with Crippen molar-refractivity contribution in [1.29, 1.82) is 0 Å². The molecule has 0 saturated carbocycles. The second-order valence-corrected chi connectivity index (χ2v) is 7.95. The number of ether oxygens (including phenoxy) is 2. The van der Waals surface area contributed by atoms with Crippen molar-refractivity contribution in [3.05, 3.63) is 35.6 Å². The molecule has 1 saturated heterocycles. The molecule has 0 aromatic rings. The van der Waals surface area contributed by atoms with Crippen LogP contribution >= 0.6 is 0 Å². The summed E-state index contributed by atoms with van der Waals surface area (Å²) in [5.41, 5.74) is 3.81. The summed E-state index contributed by atoms with van der Waals surface area (Å²) < 4.78 is 9.52. The number of hydrogen-bond acceptors (Lipinski definition) is 5. The van der Waals surface area contributed by atoms with Crippen LogP contribution in [0.15, 0.2) is 40.6 Å². The number of carbonyl (C=O) groups is 1. The van der Waals surface area contributed by atoms with Crippen molar-refractivity contribution in [3.63, 3.8) is 0 Å². The third-order valence-corrected chi connectivity index (χ3v) is 4.42. The van der Waals surface area contributed by atoms with Gasteiger partial charge in [0.05, 0.1) is 6.10 Å². The molecule has 0 amide bonds. The smallest absolute Gasteiger partial charge is 0.332 e. The van der Waals surface area contributed by atoms with Crippen molar-refractivity contribution >= 4 is 11.7 Å². The number of methoxy groups -OCH3 is 1. The Morgan fingerprint density at radius 3 is 2.16 bits per heavy atom. The summed E-state index contributed by atoms with van der Waals surface area (Å²) in [5.74, 6) is -1.79. The van der Waals surface area contributed by atoms with Crippen molar-refractivity contribution < 1.29 is 24.5 Å². The van der Waals surface area contributed by atoms with Gasteiger partial charge >= 0.3 is 5.97 Å². The summed E-state index contributed by atoms with van der Waals surface area (Å²) in [4.78, 5) is 14.7. The second-order valence-electron chi connectivity index (χ2n) is 7.95. The van der Waals surface area contributed by atoms with Gasteiger partial charge in [-0.25, -0.2) is 4.79 Å². The summed E-state index contributed by atoms with van der Waals surface area (Å²) in [6.45, 7) is 15.7. The summed E-state index contributed by atoms with van der Waals surface area (Å²) in [6.07, 6.45) is 12.7. The Kier molecular flexibility index (Phi) is 18.1. The van der Waals surface area contributed by atoms with E-state index in [0.29, 0.717) is 6.42 Å². The third-order valence-electron chi connectivity index (χ3n) is 4.42. The predicted octanol–water partition coefficient (Wildman–Crippen LogP) is 6.06. The fourth-order valence-electron chi connectivity index (χ4n) is 2.57. The number of rotatable bonds is 8. The zero-order chi connectivity index (χ0) is 24.4. The summed E-state index contributed by atoms with van der Waals surface area (Å²) in [6, 6.07) is 0. The Morgan fingerprint density at radius 2 is 1.84 bits per heavy atom. The average Bonchev–Trinajstić information content (AvgIpc) is 3.13. The van der Waals surface area contributed by atoms with E-state index in [0.717, 1.165) is 25.0 Å². The first-order valence-corrected chi connectivity index (χ1v) is 11.1. The van der Waals surface area contributed by atoms with Crippen molar-refractivity contribution in [3.8, 4) is 0 Å². The van der Waals surface area contributed by atoms with Crippen LogP contribution in [-0.4, -0.2) is 47.0 Å². The number of aliphatic hydroxyl groups is 1. The molecule has 0 spiro atoms. The van der Waals surface area contributed by atoms with Crippen LogP contribution in [-0.2, 0) is 14.3 Å². The van der Waals surface area contributed by atoms with E-state index >= 15 is 0 Å². The number of allylic oxidation sites excluding steroid dienone is 5. The van der Waals surface area contributed by atoms with E-state index in [1.165, 1.54) is 24.7 Å². The molecule has 2 atom stereocenters. The minimum absolute atomic E-state index is 0.131. The van der Waals surface area contributed by atoms with E-state index in [-0.39, 0.29) is 6.10 Å². The fourth-order valence-corrected chi connectivity index (χ4v) is 2.57. The van der Waals surface area contributed by atoms with Gasteiger partial charge in [-0.3, -0.25) is 4.99 Å². The minimum Gasteiger partial charge on any atom is -0.479 e. The van der Waals surface area contributed by atoms with Crippen LogP contribution in [0, 0.1) is 0 Å². The molecule has 1 heterocycles. The zero-order valence-corrected chi connectivity index (χ0v) is 21.1. The zero-order valence-electron chi connectivity index (χ0n) is 21.1. The van der Waals surface area contributed by atoms with Gasteiger partial charge in [-0.05, 0) is 72.8 Å². The van der Waals surface area contributed by atoms with Crippen LogP contribution in [0.4, 0.5) is 0 Å². The van der Waals surface area contributed by atoms with E-state index in [1.807, 2.05) is 20.0 Å². The number of aliphatic carboxylic acids is 1. The average molecular weight is 440 g/mol. The van der Waals surface area contributed by atoms with Crippen LogP contribution in [0.25, 0.3) is 0 Å². The maximum Gasteiger partial charge on any atom is 0.332 e. The molecule has 1 aliphatic heterocycles. The summed E-state index contributed by atoms with van der Waals surface area (Å²) in [5, 5.41) is 17.0. The van der Waals surface area contributed by atoms with Crippen LogP contribution < -0.4 is 0 Å². The first-order chi connectivity index (χ1) is 14.4. The molecule has 180 valence electrons. The van der Waals surface area contributed by atoms with Gasteiger partial charge in [0.25, 0.3) is 0 Å². The van der Waals surface area contributed by atoms with Crippen molar-refractivity contribution in [2.45, 2.75) is 105 Å². The summed E-state index contributed by atoms with van der Waals surface area (Å²) in [7, 11) is 1.46. The highest BCUT2D eigenvalue weighted by Crippen LogP contribution is 2.18. The molecule has 31 heavy (non-hydrogen) atoms. The maximum absolute atomic E-state index is 10.2. The molecule has 2 N–H and O–H groups in total. The van der Waals surface area contributed by atoms with Gasteiger partial charge in [0.15, 0.2) is 11.9 Å². The predicted molar refractivity (Wildman–Crippen MR) is 129 cm³/mol. The molecule has 1 fully saturated rings. The van der Waals surface area contributed by atoms with Crippen molar-refractivity contribution in [2.75, 3.05) is 7.11 Å². The molecule has 1 aliphatic rings. The van der Waals surface area contributed by atoms with Crippen molar-refractivity contribution in [1.82, 2.24) is 0 Å². The Bertz CT molecular complexity index is 612. The number of carboxylic acid groups (broad SMARTS) is 1. The standard InChI is InChI=1S/C15H25N.C6H10O3.C4H10O2/c1-6-9-12-16-14(5)15(11-8-3)13(4)10-7-2;1-4-2-3-5(9-4)6(7)8;1-4(2,5)6-3/h8-9,11-12H,6-7,10H2,1-5H3;4-5H,2-3H2,1H3,(H,7,8);5H,1-3H3/b11-8-,12-9+,15-13+,16-14+;;. The molecule has 0 radical (unpaired) electrons.